The molecule has 0 N–H and O–H groups in total. The molecular formula is C13H23FO. The molecule has 0 spiro atoms. The maximum atomic E-state index is 13.5. The first kappa shape index (κ1) is 12.7. The molecule has 15 heavy (non-hydrogen) atoms. The highest BCUT2D eigenvalue weighted by Crippen LogP contribution is 2.44. The first-order chi connectivity index (χ1) is 7.03. The first-order valence-corrected chi connectivity index (χ1v) is 5.85. The van der Waals surface area contributed by atoms with E-state index in [9.17, 15) is 4.39 Å². The summed E-state index contributed by atoms with van der Waals surface area (Å²) in [4.78, 5) is 0. The van der Waals surface area contributed by atoms with Crippen molar-refractivity contribution in [3.63, 3.8) is 0 Å². The second kappa shape index (κ2) is 5.11. The van der Waals surface area contributed by atoms with Crippen LogP contribution >= 0.6 is 0 Å². The van der Waals surface area contributed by atoms with Gasteiger partial charge in [0.25, 0.3) is 0 Å². The van der Waals surface area contributed by atoms with Gasteiger partial charge in [0.2, 0.25) is 0 Å². The Balaban J connectivity index is 2.73. The Morgan fingerprint density at radius 1 is 1.67 bits per heavy atom. The van der Waals surface area contributed by atoms with Crippen LogP contribution in [0.5, 0.6) is 0 Å². The summed E-state index contributed by atoms with van der Waals surface area (Å²) in [5.74, 6) is 0.573. The minimum Gasteiger partial charge on any atom is -0.384 e. The van der Waals surface area contributed by atoms with Gasteiger partial charge in [0.15, 0.2) is 0 Å². The third kappa shape index (κ3) is 3.04. The van der Waals surface area contributed by atoms with Crippen LogP contribution < -0.4 is 0 Å². The topological polar surface area (TPSA) is 9.23 Å². The Morgan fingerprint density at radius 2 is 2.33 bits per heavy atom. The molecule has 2 heteroatoms. The van der Waals surface area contributed by atoms with E-state index in [4.69, 9.17) is 4.74 Å². The van der Waals surface area contributed by atoms with Crippen LogP contribution in [0.25, 0.3) is 0 Å². The molecular weight excluding hydrogens is 191 g/mol. The van der Waals surface area contributed by atoms with Crippen molar-refractivity contribution in [1.29, 1.82) is 0 Å². The monoisotopic (exact) mass is 214 g/mol. The largest absolute Gasteiger partial charge is 0.384 e. The van der Waals surface area contributed by atoms with E-state index in [2.05, 4.69) is 19.9 Å². The molecule has 1 rings (SSSR count). The quantitative estimate of drug-likeness (QED) is 0.633. The van der Waals surface area contributed by atoms with Gasteiger partial charge < -0.3 is 4.74 Å². The summed E-state index contributed by atoms with van der Waals surface area (Å²) < 4.78 is 18.8. The predicted octanol–water partition coefficient (Wildman–Crippen LogP) is 3.74. The Hall–Kier alpha value is -0.370. The second-order valence-corrected chi connectivity index (χ2v) is 5.00. The fourth-order valence-corrected chi connectivity index (χ4v) is 2.63. The zero-order valence-electron chi connectivity index (χ0n) is 10.3. The van der Waals surface area contributed by atoms with Crippen molar-refractivity contribution >= 4 is 0 Å². The smallest absolute Gasteiger partial charge is 0.101 e. The van der Waals surface area contributed by atoms with E-state index in [-0.39, 0.29) is 5.41 Å². The number of hydrogen-bond acceptors (Lipinski definition) is 1. The number of ether oxygens (including phenoxy) is 1. The van der Waals surface area contributed by atoms with Crippen molar-refractivity contribution < 1.29 is 9.13 Å². The molecule has 3 atom stereocenters. The highest BCUT2D eigenvalue weighted by atomic mass is 19.1. The molecule has 0 bridgehead atoms. The number of allylic oxidation sites excluding steroid dienone is 1. The Morgan fingerprint density at radius 3 is 2.73 bits per heavy atom. The minimum absolute atomic E-state index is 0.0479. The molecule has 0 heterocycles. The molecule has 0 amide bonds. The van der Waals surface area contributed by atoms with Gasteiger partial charge in [0, 0.05) is 12.5 Å². The summed E-state index contributed by atoms with van der Waals surface area (Å²) in [7, 11) is 1.70. The van der Waals surface area contributed by atoms with E-state index >= 15 is 0 Å². The molecule has 0 unspecified atom stereocenters. The van der Waals surface area contributed by atoms with E-state index in [1.165, 1.54) is 5.57 Å². The van der Waals surface area contributed by atoms with Crippen LogP contribution in [-0.2, 0) is 4.74 Å². The number of alkyl halides is 1. The standard InChI is InChI=1S/C13H23FO/c1-5-12(14)8-13(9-15-4)6-10(2)11(3)7-13/h6,11-12H,5,7-9H2,1-4H3/t11-,12+,13-/m0/s1. The lowest BCUT2D eigenvalue weighted by Crippen LogP contribution is -2.26. The molecule has 1 aliphatic carbocycles. The van der Waals surface area contributed by atoms with E-state index in [1.54, 1.807) is 7.11 Å². The van der Waals surface area contributed by atoms with Crippen LogP contribution in [0.1, 0.15) is 40.0 Å². The van der Waals surface area contributed by atoms with Gasteiger partial charge in [-0.25, -0.2) is 4.39 Å². The number of rotatable bonds is 5. The number of halogens is 1. The SMILES string of the molecule is CC[C@@H](F)C[C@]1(COC)C=C(C)[C@@H](C)C1. The van der Waals surface area contributed by atoms with Crippen LogP contribution in [0, 0.1) is 11.3 Å². The molecule has 1 nitrogen and oxygen atoms in total. The second-order valence-electron chi connectivity index (χ2n) is 5.00. The minimum atomic E-state index is -0.700. The van der Waals surface area contributed by atoms with E-state index in [1.807, 2.05) is 6.92 Å². The zero-order chi connectivity index (χ0) is 11.5. The molecule has 88 valence electrons. The summed E-state index contributed by atoms with van der Waals surface area (Å²) in [6.07, 6.45) is 3.79. The summed E-state index contributed by atoms with van der Waals surface area (Å²) in [5.41, 5.74) is 1.34. The predicted molar refractivity (Wildman–Crippen MR) is 61.7 cm³/mol. The van der Waals surface area contributed by atoms with Gasteiger partial charge in [-0.05, 0) is 32.1 Å². The fraction of sp³-hybridized carbons (Fsp3) is 0.846. The Bertz CT molecular complexity index is 237. The van der Waals surface area contributed by atoms with Crippen molar-refractivity contribution in [2.45, 2.75) is 46.2 Å². The van der Waals surface area contributed by atoms with Crippen LogP contribution in [0.15, 0.2) is 11.6 Å². The van der Waals surface area contributed by atoms with E-state index in [0.717, 1.165) is 6.42 Å². The van der Waals surface area contributed by atoms with Crippen LogP contribution in [0.3, 0.4) is 0 Å². The lowest BCUT2D eigenvalue weighted by Gasteiger charge is -2.28. The van der Waals surface area contributed by atoms with Crippen molar-refractivity contribution in [2.24, 2.45) is 11.3 Å². The molecule has 0 aliphatic heterocycles. The Labute approximate surface area is 92.7 Å². The highest BCUT2D eigenvalue weighted by molar-refractivity contribution is 5.18. The van der Waals surface area contributed by atoms with Crippen molar-refractivity contribution in [3.8, 4) is 0 Å². The first-order valence-electron chi connectivity index (χ1n) is 5.85. The molecule has 0 aromatic rings. The normalized spacial score (nSPS) is 32.9. The molecule has 0 aromatic carbocycles. The fourth-order valence-electron chi connectivity index (χ4n) is 2.63. The van der Waals surface area contributed by atoms with Gasteiger partial charge >= 0.3 is 0 Å². The van der Waals surface area contributed by atoms with Crippen LogP contribution in [-0.4, -0.2) is 19.9 Å². The lowest BCUT2D eigenvalue weighted by molar-refractivity contribution is 0.0778. The van der Waals surface area contributed by atoms with Gasteiger partial charge in [-0.1, -0.05) is 25.5 Å². The lowest BCUT2D eigenvalue weighted by atomic mass is 9.81. The van der Waals surface area contributed by atoms with E-state index < -0.39 is 6.17 Å². The third-order valence-corrected chi connectivity index (χ3v) is 3.53. The Kier molecular flexibility index (Phi) is 4.32. The van der Waals surface area contributed by atoms with Crippen molar-refractivity contribution in [3.05, 3.63) is 11.6 Å². The molecule has 0 fully saturated rings. The van der Waals surface area contributed by atoms with Gasteiger partial charge in [0.05, 0.1) is 6.61 Å². The molecule has 1 aliphatic rings. The summed E-state index contributed by atoms with van der Waals surface area (Å²) in [5, 5.41) is 0. The van der Waals surface area contributed by atoms with Gasteiger partial charge in [0.1, 0.15) is 6.17 Å². The van der Waals surface area contributed by atoms with Crippen molar-refractivity contribution in [2.75, 3.05) is 13.7 Å². The number of hydrogen-bond donors (Lipinski definition) is 0. The maximum absolute atomic E-state index is 13.5. The highest BCUT2D eigenvalue weighted by Gasteiger charge is 2.37. The maximum Gasteiger partial charge on any atom is 0.101 e. The van der Waals surface area contributed by atoms with Crippen molar-refractivity contribution in [1.82, 2.24) is 0 Å². The summed E-state index contributed by atoms with van der Waals surface area (Å²) in [6, 6.07) is 0. The summed E-state index contributed by atoms with van der Waals surface area (Å²) in [6.45, 7) is 6.90. The molecule has 0 aromatic heterocycles. The van der Waals surface area contributed by atoms with Gasteiger partial charge in [-0.2, -0.15) is 0 Å². The third-order valence-electron chi connectivity index (χ3n) is 3.53. The van der Waals surface area contributed by atoms with Crippen LogP contribution in [0.2, 0.25) is 0 Å². The average molecular weight is 214 g/mol. The van der Waals surface area contributed by atoms with E-state index in [0.29, 0.717) is 25.4 Å². The molecule has 0 saturated heterocycles. The van der Waals surface area contributed by atoms with Gasteiger partial charge in [-0.3, -0.25) is 0 Å². The molecule has 0 radical (unpaired) electrons. The summed E-state index contributed by atoms with van der Waals surface area (Å²) >= 11 is 0. The number of methoxy groups -OCH3 is 1. The van der Waals surface area contributed by atoms with Crippen LogP contribution in [0.4, 0.5) is 4.39 Å². The zero-order valence-corrected chi connectivity index (χ0v) is 10.3. The van der Waals surface area contributed by atoms with Gasteiger partial charge in [-0.15, -0.1) is 0 Å². The average Bonchev–Trinajstić information content (AvgIpc) is 2.42. The molecule has 0 saturated carbocycles.